The monoisotopic (exact) mass is 1520 g/mol. The summed E-state index contributed by atoms with van der Waals surface area (Å²) >= 11 is 15.8. The number of methoxy groups -OCH3 is 2. The molecule has 2 N–H and O–H groups in total. The first kappa shape index (κ1) is 71.3. The Hall–Kier alpha value is -9.94. The third-order valence-corrected chi connectivity index (χ3v) is 24.7. The standard InChI is InChI=1S/C46H46ClN3O9S.C37H32ClN3O5S/c1-3-19-57-46(54)50-34-23-38(37(55-2)21-31(34)43(52)48-18-10-8-15-33(48)45(50)59-40-17-9-11-20-56-40)58-26-32-29-13-6-7-16-39(29)60-42(32)44(53)49-25-27(24-47)41-30-14-5-4-12-28(30)36(51)22-35(41)49;1-45-31-14-26-28(39-18-22-8-6-7-13-40(22)36(26)43)15-32(31)46-20-27-24-10-4-5-12-33(24)47-35(27)37(44)41-19-21(17-38)34-25-11-3-2-9-23(25)30(42)16-29(34)41/h3-7,12-14,16,21-23,27,33,40,45,51H,1,8-11,15,17-20,24-26H2,2H3;2-5,9-12,14-16,18,21-22,42H,6-8,13,17,19-20H2,1H3/t27-,33+,40?,45?;21-,22+/m11/s1. The van der Waals surface area contributed by atoms with Gasteiger partial charge in [-0.05, 0) is 115 Å². The number of nitrogens with zero attached hydrogens (tertiary/aromatic N) is 6. The summed E-state index contributed by atoms with van der Waals surface area (Å²) < 4.78 is 44.9. The second kappa shape index (κ2) is 30.4. The van der Waals surface area contributed by atoms with Gasteiger partial charge in [0.1, 0.15) is 41.1 Å². The van der Waals surface area contributed by atoms with E-state index in [0.717, 1.165) is 98.0 Å². The molecule has 0 spiro atoms. The second-order valence-electron chi connectivity index (χ2n) is 27.7. The minimum absolute atomic E-state index is 0.0150. The van der Waals surface area contributed by atoms with Gasteiger partial charge in [0.15, 0.2) is 35.5 Å². The molecule has 5 amide bonds. The fourth-order valence-corrected chi connectivity index (χ4v) is 19.2. The van der Waals surface area contributed by atoms with Gasteiger partial charge in [0.2, 0.25) is 0 Å². The number of piperidine rings is 2. The van der Waals surface area contributed by atoms with E-state index in [2.05, 4.69) is 6.58 Å². The van der Waals surface area contributed by atoms with Crippen LogP contribution in [0.3, 0.4) is 0 Å². The van der Waals surface area contributed by atoms with Gasteiger partial charge in [-0.3, -0.25) is 24.2 Å². The average molecular weight is 1520 g/mol. The largest absolute Gasteiger partial charge is 0.507 e. The van der Waals surface area contributed by atoms with E-state index in [9.17, 15) is 34.2 Å². The molecule has 0 bridgehead atoms. The maximum Gasteiger partial charge on any atom is 0.416 e. The number of halogens is 2. The van der Waals surface area contributed by atoms with Crippen LogP contribution in [-0.2, 0) is 27.4 Å². The molecule has 0 saturated carbocycles. The number of ether oxygens (including phenoxy) is 7. The van der Waals surface area contributed by atoms with Crippen molar-refractivity contribution in [2.24, 2.45) is 4.99 Å². The van der Waals surface area contributed by atoms with E-state index in [1.165, 1.54) is 40.8 Å². The predicted octanol–water partition coefficient (Wildman–Crippen LogP) is 17.4. The van der Waals surface area contributed by atoms with Crippen LogP contribution < -0.4 is 33.6 Å². The number of thiophene rings is 2. The summed E-state index contributed by atoms with van der Waals surface area (Å²) in [6.07, 6.45) is 8.87. The topological polar surface area (TPSA) is 219 Å². The third kappa shape index (κ3) is 13.1. The van der Waals surface area contributed by atoms with Gasteiger partial charge in [-0.25, -0.2) is 9.69 Å². The molecule has 7 aliphatic heterocycles. The molecule has 7 aliphatic rings. The maximum atomic E-state index is 14.8. The van der Waals surface area contributed by atoms with Crippen molar-refractivity contribution in [3.8, 4) is 34.5 Å². The van der Waals surface area contributed by atoms with E-state index >= 15 is 0 Å². The van der Waals surface area contributed by atoms with Crippen molar-refractivity contribution in [3.63, 3.8) is 0 Å². The lowest BCUT2D eigenvalue weighted by Gasteiger charge is -2.42. The number of carbonyl (C=O) groups is 5. The summed E-state index contributed by atoms with van der Waals surface area (Å²) in [4.78, 5) is 85.8. The number of amides is 5. The molecule has 8 aromatic carbocycles. The van der Waals surface area contributed by atoms with Gasteiger partial charge in [-0.2, -0.15) is 0 Å². The van der Waals surface area contributed by atoms with E-state index in [0.29, 0.717) is 112 Å². The molecule has 0 radical (unpaired) electrons. The van der Waals surface area contributed by atoms with E-state index in [4.69, 9.17) is 61.4 Å². The van der Waals surface area contributed by atoms with Crippen molar-refractivity contribution in [2.75, 3.05) is 80.1 Å². The van der Waals surface area contributed by atoms with Crippen LogP contribution in [0.1, 0.15) is 132 Å². The van der Waals surface area contributed by atoms with Crippen LogP contribution in [0.5, 0.6) is 34.5 Å². The van der Waals surface area contributed by atoms with Gasteiger partial charge < -0.3 is 63.0 Å². The number of hydrogen-bond donors (Lipinski definition) is 2. The molecule has 17 rings (SSSR count). The molecular weight excluding hydrogens is 1440 g/mol. The highest BCUT2D eigenvalue weighted by Gasteiger charge is 2.48. The number of benzene rings is 8. The Labute approximate surface area is 635 Å². The first-order chi connectivity index (χ1) is 52.3. The minimum atomic E-state index is -0.918. The number of aliphatic imine (C=N–C) groups is 1. The Morgan fingerprint density at radius 2 is 1.11 bits per heavy atom. The third-order valence-electron chi connectivity index (χ3n) is 21.5. The summed E-state index contributed by atoms with van der Waals surface area (Å²) in [7, 11) is 3.04. The fraction of sp³-hybridized carbons (Fsp3) is 0.325. The quantitative estimate of drug-likeness (QED) is 0.0679. The highest BCUT2D eigenvalue weighted by Crippen LogP contribution is 2.51. The number of hydrogen-bond acceptors (Lipinski definition) is 17. The summed E-state index contributed by atoms with van der Waals surface area (Å²) in [5, 5.41) is 27.0. The number of alkyl halides is 2. The number of anilines is 3. The Kier molecular flexibility index (Phi) is 20.2. The molecule has 2 aromatic heterocycles. The molecule has 107 heavy (non-hydrogen) atoms. The molecule has 9 heterocycles. The lowest BCUT2D eigenvalue weighted by atomic mass is 9.95. The van der Waals surface area contributed by atoms with Crippen LogP contribution in [-0.4, -0.2) is 146 Å². The normalized spacial score (nSPS) is 20.1. The van der Waals surface area contributed by atoms with Crippen molar-refractivity contribution in [1.82, 2.24) is 9.80 Å². The van der Waals surface area contributed by atoms with Gasteiger partial charge in [-0.15, -0.1) is 45.9 Å². The predicted molar refractivity (Wildman–Crippen MR) is 418 cm³/mol. The smallest absolute Gasteiger partial charge is 0.416 e. The van der Waals surface area contributed by atoms with Crippen molar-refractivity contribution in [1.29, 1.82) is 0 Å². The molecule has 550 valence electrons. The Balaban J connectivity index is 0.000000168. The number of phenols is 2. The SMILES string of the molecule is C=CCOC(=O)N1c2cc(OCc3c(C(=O)N4C[C@@H](CCl)c5c4cc(O)c4ccccc54)sc4ccccc34)c(OC)cc2C(=O)N2CCCC[C@H]2C1OC1CCCCO1.COc1cc2c(cc1OCc1c(C(=O)N3C[C@@H](CCl)c4c3cc(O)c3ccccc43)sc3ccccc13)N=C[C@@H]1CCCCN1C2=O. The molecule has 2 unspecified atom stereocenters. The fourth-order valence-electron chi connectivity index (χ4n) is 16.3. The van der Waals surface area contributed by atoms with Crippen molar-refractivity contribution < 1.29 is 67.3 Å². The first-order valence-electron chi connectivity index (χ1n) is 36.2. The highest BCUT2D eigenvalue weighted by molar-refractivity contribution is 7.21. The van der Waals surface area contributed by atoms with Crippen LogP contribution >= 0.6 is 45.9 Å². The van der Waals surface area contributed by atoms with Crippen LogP contribution in [0.25, 0.3) is 41.7 Å². The zero-order valence-electron chi connectivity index (χ0n) is 59.0. The average Bonchev–Trinajstić information content (AvgIpc) is 1.61. The zero-order valence-corrected chi connectivity index (χ0v) is 62.2. The zero-order chi connectivity index (χ0) is 73.7. The Morgan fingerprint density at radius 1 is 0.598 bits per heavy atom. The van der Waals surface area contributed by atoms with Gasteiger partial charge >= 0.3 is 6.09 Å². The van der Waals surface area contributed by atoms with E-state index in [1.54, 1.807) is 58.2 Å². The van der Waals surface area contributed by atoms with Gasteiger partial charge in [0.05, 0.1) is 60.2 Å². The van der Waals surface area contributed by atoms with Crippen LogP contribution in [0.2, 0.25) is 0 Å². The summed E-state index contributed by atoms with van der Waals surface area (Å²) in [5.41, 5.74) is 6.14. The van der Waals surface area contributed by atoms with E-state index < -0.39 is 24.7 Å². The maximum absolute atomic E-state index is 14.8. The summed E-state index contributed by atoms with van der Waals surface area (Å²) in [6.45, 7) is 6.21. The molecule has 3 fully saturated rings. The van der Waals surface area contributed by atoms with Crippen molar-refractivity contribution >= 4 is 146 Å². The molecule has 3 saturated heterocycles. The molecule has 6 atom stereocenters. The van der Waals surface area contributed by atoms with Gasteiger partial charge in [0, 0.05) is 118 Å². The number of fused-ring (bicyclic) bond motifs is 12. The van der Waals surface area contributed by atoms with Gasteiger partial charge in [0.25, 0.3) is 23.6 Å². The van der Waals surface area contributed by atoms with Gasteiger partial charge in [-0.1, -0.05) is 97.6 Å². The second-order valence-corrected chi connectivity index (χ2v) is 30.4. The molecular formula is C83H78Cl2N6O14S2. The first-order valence-corrected chi connectivity index (χ1v) is 38.9. The van der Waals surface area contributed by atoms with Crippen LogP contribution in [0.15, 0.2) is 151 Å². The molecule has 10 aromatic rings. The Morgan fingerprint density at radius 3 is 1.66 bits per heavy atom. The molecule has 20 nitrogen and oxygen atoms in total. The number of carbonyl (C=O) groups excluding carboxylic acids is 5. The Bertz CT molecular complexity index is 5230. The summed E-state index contributed by atoms with van der Waals surface area (Å²) in [6, 6.07) is 40.5. The van der Waals surface area contributed by atoms with Crippen LogP contribution in [0, 0.1) is 0 Å². The van der Waals surface area contributed by atoms with Crippen molar-refractivity contribution in [2.45, 2.75) is 107 Å². The van der Waals surface area contributed by atoms with E-state index in [-0.39, 0.29) is 95.6 Å². The number of phenolic OH excluding ortho intramolecular Hbond substituents is 2. The molecule has 24 heteroatoms. The number of rotatable bonds is 16. The number of aromatic hydroxyl groups is 2. The lowest BCUT2D eigenvalue weighted by molar-refractivity contribution is -0.198. The minimum Gasteiger partial charge on any atom is -0.507 e. The highest BCUT2D eigenvalue weighted by atomic mass is 35.5. The van der Waals surface area contributed by atoms with Crippen LogP contribution in [0.4, 0.5) is 27.5 Å². The van der Waals surface area contributed by atoms with Crippen molar-refractivity contribution in [3.05, 3.63) is 189 Å². The molecule has 0 aliphatic carbocycles. The van der Waals surface area contributed by atoms with E-state index in [1.807, 2.05) is 108 Å². The summed E-state index contributed by atoms with van der Waals surface area (Å²) in [5.74, 6) is 1.30. The lowest BCUT2D eigenvalue weighted by Crippen LogP contribution is -2.57.